The zero-order chi connectivity index (χ0) is 11.7. The zero-order valence-electron chi connectivity index (χ0n) is 9.56. The summed E-state index contributed by atoms with van der Waals surface area (Å²) in [4.78, 5) is 6.98. The van der Waals surface area contributed by atoms with Crippen molar-refractivity contribution in [2.24, 2.45) is 0 Å². The second kappa shape index (κ2) is 4.64. The highest BCUT2D eigenvalue weighted by Gasteiger charge is 2.12. The Labute approximate surface area is 105 Å². The first-order valence-electron chi connectivity index (χ1n) is 5.88. The molecule has 0 aromatic carbocycles. The van der Waals surface area contributed by atoms with Crippen LogP contribution in [0.1, 0.15) is 5.69 Å². The summed E-state index contributed by atoms with van der Waals surface area (Å²) in [6, 6.07) is 3.81. The number of pyridine rings is 1. The molecule has 0 unspecified atom stereocenters. The molecular formula is C12H15ClN4. The monoisotopic (exact) mass is 250 g/mol. The van der Waals surface area contributed by atoms with Gasteiger partial charge >= 0.3 is 0 Å². The molecule has 1 aliphatic rings. The molecule has 1 N–H and O–H groups in total. The summed E-state index contributed by atoms with van der Waals surface area (Å²) in [5.74, 6) is 0. The number of imidazole rings is 1. The first-order valence-corrected chi connectivity index (χ1v) is 6.26. The van der Waals surface area contributed by atoms with Gasteiger partial charge in [-0.2, -0.15) is 0 Å². The van der Waals surface area contributed by atoms with Crippen molar-refractivity contribution in [2.75, 3.05) is 26.2 Å². The van der Waals surface area contributed by atoms with Gasteiger partial charge in [0.2, 0.25) is 0 Å². The number of rotatable bonds is 2. The van der Waals surface area contributed by atoms with Crippen molar-refractivity contribution in [3.8, 4) is 0 Å². The fraction of sp³-hybridized carbons (Fsp3) is 0.417. The largest absolute Gasteiger partial charge is 0.314 e. The molecule has 1 saturated heterocycles. The Morgan fingerprint density at radius 3 is 2.94 bits per heavy atom. The average molecular weight is 251 g/mol. The van der Waals surface area contributed by atoms with Crippen LogP contribution in [0.3, 0.4) is 0 Å². The average Bonchev–Trinajstić information content (AvgIpc) is 2.74. The second-order valence-electron chi connectivity index (χ2n) is 4.35. The maximum absolute atomic E-state index is 6.11. The van der Waals surface area contributed by atoms with Gasteiger partial charge in [-0.3, -0.25) is 4.90 Å². The fourth-order valence-electron chi connectivity index (χ4n) is 2.20. The van der Waals surface area contributed by atoms with Gasteiger partial charge < -0.3 is 9.72 Å². The van der Waals surface area contributed by atoms with Crippen LogP contribution in [0, 0.1) is 0 Å². The summed E-state index contributed by atoms with van der Waals surface area (Å²) in [6.45, 7) is 5.20. The quantitative estimate of drug-likeness (QED) is 0.875. The Balaban J connectivity index is 1.83. The molecular weight excluding hydrogens is 236 g/mol. The van der Waals surface area contributed by atoms with Gasteiger partial charge in [-0.25, -0.2) is 4.98 Å². The number of nitrogens with zero attached hydrogens (tertiary/aromatic N) is 3. The van der Waals surface area contributed by atoms with Gasteiger partial charge in [-0.15, -0.1) is 0 Å². The number of hydrogen-bond acceptors (Lipinski definition) is 3. The maximum atomic E-state index is 6.11. The molecule has 1 fully saturated rings. The van der Waals surface area contributed by atoms with E-state index in [-0.39, 0.29) is 0 Å². The highest BCUT2D eigenvalue weighted by atomic mass is 35.5. The van der Waals surface area contributed by atoms with Crippen molar-refractivity contribution >= 4 is 17.2 Å². The fourth-order valence-corrected chi connectivity index (χ4v) is 2.42. The van der Waals surface area contributed by atoms with E-state index in [4.69, 9.17) is 11.6 Å². The number of halogens is 1. The van der Waals surface area contributed by atoms with Crippen LogP contribution in [0.2, 0.25) is 5.02 Å². The SMILES string of the molecule is Clc1cccn2cc(CN3CCNCC3)nc12. The molecule has 3 rings (SSSR count). The van der Waals surface area contributed by atoms with Crippen molar-refractivity contribution < 1.29 is 0 Å². The first-order chi connectivity index (χ1) is 8.33. The van der Waals surface area contributed by atoms with Crippen molar-refractivity contribution in [1.29, 1.82) is 0 Å². The molecule has 2 aromatic heterocycles. The molecule has 90 valence electrons. The van der Waals surface area contributed by atoms with E-state index in [1.165, 1.54) is 0 Å². The molecule has 5 heteroatoms. The van der Waals surface area contributed by atoms with Gasteiger partial charge in [0.1, 0.15) is 0 Å². The summed E-state index contributed by atoms with van der Waals surface area (Å²) < 4.78 is 1.99. The van der Waals surface area contributed by atoms with Crippen molar-refractivity contribution in [2.45, 2.75) is 6.54 Å². The molecule has 4 nitrogen and oxygen atoms in total. The van der Waals surface area contributed by atoms with Gasteiger partial charge in [-0.05, 0) is 12.1 Å². The van der Waals surface area contributed by atoms with E-state index in [0.717, 1.165) is 44.1 Å². The lowest BCUT2D eigenvalue weighted by molar-refractivity contribution is 0.231. The summed E-state index contributed by atoms with van der Waals surface area (Å²) in [7, 11) is 0. The van der Waals surface area contributed by atoms with E-state index in [1.54, 1.807) is 0 Å². The van der Waals surface area contributed by atoms with E-state index in [2.05, 4.69) is 21.4 Å². The van der Waals surface area contributed by atoms with Crippen molar-refractivity contribution in [1.82, 2.24) is 19.6 Å². The maximum Gasteiger partial charge on any atom is 0.155 e. The summed E-state index contributed by atoms with van der Waals surface area (Å²) >= 11 is 6.11. The third-order valence-corrected chi connectivity index (χ3v) is 3.38. The van der Waals surface area contributed by atoms with Crippen LogP contribution in [0.4, 0.5) is 0 Å². The lowest BCUT2D eigenvalue weighted by Crippen LogP contribution is -2.42. The number of aromatic nitrogens is 2. The second-order valence-corrected chi connectivity index (χ2v) is 4.75. The van der Waals surface area contributed by atoms with Gasteiger partial charge in [-0.1, -0.05) is 11.6 Å². The molecule has 0 amide bonds. The highest BCUT2D eigenvalue weighted by molar-refractivity contribution is 6.33. The van der Waals surface area contributed by atoms with Crippen LogP contribution >= 0.6 is 11.6 Å². The zero-order valence-corrected chi connectivity index (χ0v) is 10.3. The molecule has 0 atom stereocenters. The van der Waals surface area contributed by atoms with Crippen LogP contribution < -0.4 is 5.32 Å². The van der Waals surface area contributed by atoms with E-state index in [9.17, 15) is 0 Å². The Morgan fingerprint density at radius 2 is 2.18 bits per heavy atom. The molecule has 2 aromatic rings. The Bertz CT molecular complexity index is 516. The van der Waals surface area contributed by atoms with Crippen LogP contribution in [0.5, 0.6) is 0 Å². The standard InChI is InChI=1S/C12H15ClN4/c13-11-2-1-5-17-9-10(15-12(11)17)8-16-6-3-14-4-7-16/h1-2,5,9,14H,3-4,6-8H2. The molecule has 0 saturated carbocycles. The molecule has 3 heterocycles. The summed E-state index contributed by atoms with van der Waals surface area (Å²) in [6.07, 6.45) is 4.04. The molecule has 17 heavy (non-hydrogen) atoms. The number of nitrogens with one attached hydrogen (secondary N) is 1. The molecule has 0 aliphatic carbocycles. The van der Waals surface area contributed by atoms with Crippen LogP contribution in [-0.4, -0.2) is 40.5 Å². The third-order valence-electron chi connectivity index (χ3n) is 3.08. The smallest absolute Gasteiger partial charge is 0.155 e. The Hall–Kier alpha value is -1.10. The van der Waals surface area contributed by atoms with E-state index >= 15 is 0 Å². The topological polar surface area (TPSA) is 32.6 Å². The summed E-state index contributed by atoms with van der Waals surface area (Å²) in [5.41, 5.74) is 1.93. The van der Waals surface area contributed by atoms with Crippen LogP contribution in [0.25, 0.3) is 5.65 Å². The van der Waals surface area contributed by atoms with Gasteiger partial charge in [0, 0.05) is 45.1 Å². The third kappa shape index (κ3) is 2.29. The predicted molar refractivity (Wildman–Crippen MR) is 68.3 cm³/mol. The van der Waals surface area contributed by atoms with E-state index < -0.39 is 0 Å². The Kier molecular flexibility index (Phi) is 3.01. The first kappa shape index (κ1) is 11.0. The lowest BCUT2D eigenvalue weighted by atomic mass is 10.3. The molecule has 0 bridgehead atoms. The van der Waals surface area contributed by atoms with Gasteiger partial charge in [0.25, 0.3) is 0 Å². The minimum Gasteiger partial charge on any atom is -0.314 e. The minimum atomic E-state index is 0.707. The van der Waals surface area contributed by atoms with Crippen LogP contribution in [-0.2, 0) is 6.54 Å². The number of hydrogen-bond donors (Lipinski definition) is 1. The number of fused-ring (bicyclic) bond motifs is 1. The van der Waals surface area contributed by atoms with Gasteiger partial charge in [0.15, 0.2) is 5.65 Å². The van der Waals surface area contributed by atoms with E-state index in [1.807, 2.05) is 22.7 Å². The number of piperazine rings is 1. The van der Waals surface area contributed by atoms with Crippen molar-refractivity contribution in [3.63, 3.8) is 0 Å². The summed E-state index contributed by atoms with van der Waals surface area (Å²) in [5, 5.41) is 4.06. The van der Waals surface area contributed by atoms with Crippen LogP contribution in [0.15, 0.2) is 24.5 Å². The molecule has 0 spiro atoms. The highest BCUT2D eigenvalue weighted by Crippen LogP contribution is 2.16. The molecule has 1 aliphatic heterocycles. The Morgan fingerprint density at radius 1 is 1.35 bits per heavy atom. The van der Waals surface area contributed by atoms with Crippen molar-refractivity contribution in [3.05, 3.63) is 35.2 Å². The predicted octanol–water partition coefficient (Wildman–Crippen LogP) is 1.39. The van der Waals surface area contributed by atoms with Gasteiger partial charge in [0.05, 0.1) is 10.7 Å². The molecule has 0 radical (unpaired) electrons. The normalized spacial score (nSPS) is 17.7. The minimum absolute atomic E-state index is 0.707. The lowest BCUT2D eigenvalue weighted by Gasteiger charge is -2.26. The van der Waals surface area contributed by atoms with E-state index in [0.29, 0.717) is 5.02 Å².